The van der Waals surface area contributed by atoms with Crippen molar-refractivity contribution in [2.45, 2.75) is 268 Å². The summed E-state index contributed by atoms with van der Waals surface area (Å²) in [6.07, 6.45) is 5.09. The average Bonchev–Trinajstić information content (AvgIpc) is 1.19. The van der Waals surface area contributed by atoms with Gasteiger partial charge in [-0.1, -0.05) is 98.6 Å². The molecule has 3 aliphatic heterocycles. The van der Waals surface area contributed by atoms with Crippen molar-refractivity contribution in [1.29, 1.82) is 0 Å². The van der Waals surface area contributed by atoms with Crippen LogP contribution in [-0.2, 0) is 62.3 Å². The molecule has 3 heterocycles. The number of hydrogen-bond acceptors (Lipinski definition) is 13. The normalized spacial score (nSPS) is 31.9. The molecule has 4 aliphatic carbocycles. The molecule has 4 saturated carbocycles. The fourth-order valence-electron chi connectivity index (χ4n) is 17.6. The maximum atomic E-state index is 15.6. The number of likely N-dealkylation sites (N-methyl/N-ethyl adjacent to an activating group) is 7. The quantitative estimate of drug-likeness (QED) is 0.131. The van der Waals surface area contributed by atoms with Gasteiger partial charge in [-0.25, -0.2) is 0 Å². The van der Waals surface area contributed by atoms with Crippen molar-refractivity contribution in [1.82, 2.24) is 60.0 Å². The van der Waals surface area contributed by atoms with E-state index in [1.54, 1.807) is 13.0 Å². The maximum Gasteiger partial charge on any atom is 0.393 e. The summed E-state index contributed by atoms with van der Waals surface area (Å²) in [6, 6.07) is -10.1. The molecule has 7 aliphatic rings. The standard InChI is InChI=1S/C76H122ClF3N12O13/c1-16-23-55-65(96)82-64(50-24-20-21-25-50)72(103)86(11)43-63(95)88(13)56-26-19-18-22-35-91(71(56)102)60(38-49-29-27-47(5)28-30-49)69(100)85(10)42-61(93)81-54(34-32-48-31-33-52(53(77)37-48)76(78,79)80)67(98)92-41-51(105-17-2)39-57(92)66(97)83-75(44-74(6,7)45-75)73(104)90(15)58(36-46(3)4)70(101)89(14)59(68(99)84(8)9)40-62(94)87(55)12/h18-19,46-60,64H,16-17,20-45H2,1-15H3,(H,81,93)(H,82,96)(H,83,97)/b19-18-/t47?,48?,49?,51-,52?,53?,54+,55+,56+,57+,58+,59+,60+,64+/m1/s1. The van der Waals surface area contributed by atoms with Gasteiger partial charge in [0.2, 0.25) is 70.9 Å². The smallest absolute Gasteiger partial charge is 0.377 e. The Hall–Kier alpha value is -6.58. The predicted molar refractivity (Wildman–Crippen MR) is 390 cm³/mol. The molecule has 12 amide bonds. The highest BCUT2D eigenvalue weighted by atomic mass is 35.5. The van der Waals surface area contributed by atoms with Crippen LogP contribution in [0.1, 0.15) is 196 Å². The number of nitrogens with zero attached hydrogens (tertiary/aromatic N) is 9. The van der Waals surface area contributed by atoms with E-state index in [2.05, 4.69) is 22.9 Å². The molecule has 7 rings (SSSR count). The summed E-state index contributed by atoms with van der Waals surface area (Å²) in [5.41, 5.74) is -2.19. The van der Waals surface area contributed by atoms with Gasteiger partial charge in [0, 0.05) is 87.9 Å². The molecule has 2 bridgehead atoms. The fourth-order valence-corrected chi connectivity index (χ4v) is 18.1. The minimum Gasteiger partial charge on any atom is -0.377 e. The molecule has 29 heteroatoms. The van der Waals surface area contributed by atoms with Gasteiger partial charge in [0.05, 0.1) is 31.5 Å². The summed E-state index contributed by atoms with van der Waals surface area (Å²) in [5.74, 6) is -10.1. The third-order valence-electron chi connectivity index (χ3n) is 23.6. The molecule has 0 aromatic carbocycles. The second-order valence-electron chi connectivity index (χ2n) is 33.1. The summed E-state index contributed by atoms with van der Waals surface area (Å²) < 4.78 is 48.5. The van der Waals surface area contributed by atoms with E-state index in [0.717, 1.165) is 43.4 Å². The molecule has 0 aromatic rings. The molecular weight excluding hydrogens is 1380 g/mol. The van der Waals surface area contributed by atoms with Gasteiger partial charge in [-0.2, -0.15) is 13.2 Å². The molecule has 3 N–H and O–H groups in total. The summed E-state index contributed by atoms with van der Waals surface area (Å²) in [7, 11) is 11.5. The molecule has 6 fully saturated rings. The summed E-state index contributed by atoms with van der Waals surface area (Å²) in [6.45, 7) is 12.3. The van der Waals surface area contributed by atoms with Crippen LogP contribution in [0.5, 0.6) is 0 Å². The van der Waals surface area contributed by atoms with E-state index in [-0.39, 0.29) is 114 Å². The van der Waals surface area contributed by atoms with Crippen molar-refractivity contribution in [3.05, 3.63) is 12.2 Å². The molecule has 1 spiro atoms. The number of halogens is 4. The van der Waals surface area contributed by atoms with Gasteiger partial charge in [-0.05, 0) is 132 Å². The van der Waals surface area contributed by atoms with Crippen LogP contribution in [0.4, 0.5) is 13.2 Å². The van der Waals surface area contributed by atoms with E-state index >= 15 is 28.8 Å². The van der Waals surface area contributed by atoms with Crippen molar-refractivity contribution in [2.24, 2.45) is 40.9 Å². The number of alkyl halides is 4. The first kappa shape index (κ1) is 85.7. The predicted octanol–water partition coefficient (Wildman–Crippen LogP) is 6.52. The zero-order valence-corrected chi connectivity index (χ0v) is 65.8. The summed E-state index contributed by atoms with van der Waals surface area (Å²) in [5, 5.41) is 7.65. The van der Waals surface area contributed by atoms with E-state index in [1.807, 2.05) is 40.7 Å². The van der Waals surface area contributed by atoms with Crippen LogP contribution in [0.2, 0.25) is 0 Å². The van der Waals surface area contributed by atoms with E-state index in [0.29, 0.717) is 31.6 Å². The van der Waals surface area contributed by atoms with Crippen LogP contribution in [0, 0.1) is 40.9 Å². The molecule has 12 atom stereocenters. The number of carbonyl (C=O) groups is 12. The topological polar surface area (TPSA) is 279 Å². The second-order valence-corrected chi connectivity index (χ2v) is 33.6. The van der Waals surface area contributed by atoms with Gasteiger partial charge in [0.25, 0.3) is 0 Å². The Bertz CT molecular complexity index is 3130. The lowest BCUT2D eigenvalue weighted by Gasteiger charge is -2.54. The number of fused-ring (bicyclic) bond motifs is 3. The van der Waals surface area contributed by atoms with Crippen molar-refractivity contribution < 1.29 is 75.4 Å². The zero-order chi connectivity index (χ0) is 77.9. The Morgan fingerprint density at radius 2 is 1.31 bits per heavy atom. The van der Waals surface area contributed by atoms with Gasteiger partial charge in [-0.15, -0.1) is 11.6 Å². The van der Waals surface area contributed by atoms with E-state index < -0.39 is 179 Å². The monoisotopic (exact) mass is 1500 g/mol. The number of carbonyl (C=O) groups excluding carboxylic acids is 12. The van der Waals surface area contributed by atoms with Crippen LogP contribution in [-0.4, -0.2) is 276 Å². The Morgan fingerprint density at radius 1 is 0.676 bits per heavy atom. The van der Waals surface area contributed by atoms with Gasteiger partial charge in [0.1, 0.15) is 53.9 Å². The van der Waals surface area contributed by atoms with Crippen LogP contribution in [0.15, 0.2) is 12.2 Å². The highest BCUT2D eigenvalue weighted by Crippen LogP contribution is 2.50. The molecule has 592 valence electrons. The minimum absolute atomic E-state index is 0.00312. The minimum atomic E-state index is -4.53. The first-order valence-electron chi connectivity index (χ1n) is 38.5. The third kappa shape index (κ3) is 21.4. The molecular formula is C76H122ClF3N12O13. The Kier molecular flexibility index (Phi) is 30.2. The number of rotatable bonds is 13. The molecule has 0 aromatic heterocycles. The van der Waals surface area contributed by atoms with Crippen LogP contribution >= 0.6 is 11.6 Å². The lowest BCUT2D eigenvalue weighted by atomic mass is 9.58. The van der Waals surface area contributed by atoms with E-state index in [9.17, 15) is 41.9 Å². The summed E-state index contributed by atoms with van der Waals surface area (Å²) in [4.78, 5) is 193. The number of ether oxygens (including phenoxy) is 1. The Labute approximate surface area is 625 Å². The third-order valence-corrected chi connectivity index (χ3v) is 24.1. The number of hydrogen-bond donors (Lipinski definition) is 3. The zero-order valence-electron chi connectivity index (χ0n) is 65.0. The Balaban J connectivity index is 1.32. The van der Waals surface area contributed by atoms with Crippen molar-refractivity contribution in [3.8, 4) is 0 Å². The first-order valence-corrected chi connectivity index (χ1v) is 38.9. The first-order chi connectivity index (χ1) is 49.2. The molecule has 3 unspecified atom stereocenters. The van der Waals surface area contributed by atoms with Crippen molar-refractivity contribution in [3.63, 3.8) is 0 Å². The number of nitrogens with one attached hydrogen (secondary N) is 3. The van der Waals surface area contributed by atoms with Crippen LogP contribution in [0.3, 0.4) is 0 Å². The highest BCUT2D eigenvalue weighted by molar-refractivity contribution is 6.21. The van der Waals surface area contributed by atoms with Crippen molar-refractivity contribution in [2.75, 3.05) is 89.2 Å². The van der Waals surface area contributed by atoms with Gasteiger partial charge in [-0.3, -0.25) is 57.5 Å². The van der Waals surface area contributed by atoms with Crippen LogP contribution in [0.25, 0.3) is 0 Å². The molecule has 2 saturated heterocycles. The van der Waals surface area contributed by atoms with Gasteiger partial charge < -0.3 is 64.8 Å². The lowest BCUT2D eigenvalue weighted by molar-refractivity contribution is -0.182. The molecule has 0 radical (unpaired) electrons. The second kappa shape index (κ2) is 37.0. The highest BCUT2D eigenvalue weighted by Gasteiger charge is 2.59. The van der Waals surface area contributed by atoms with Gasteiger partial charge >= 0.3 is 6.18 Å². The SMILES string of the molecule is CCC[C@H]1C(=O)N[C@@H](C2CCCC2)C(=O)N(C)CC(=O)N(C)[C@H]2C/C=C\CCN(C2=O)[C@@H](CC2CCC(C)CC2)C(=O)N(C)CC(=O)N[C@@H](CCC2CCC(C(F)(F)F)C(Cl)C2)C(=O)N2C[C@H](OCC)C[C@H]2C(=O)NC2(CC(C)(C)C2)C(=O)N(C)[C@@H](CC(C)C)C(=O)N(C)[C@H](C(=O)N(C)C)CC(=O)N1C. The fraction of sp³-hybridized carbons (Fsp3) is 0.816. The van der Waals surface area contributed by atoms with Gasteiger partial charge in [0.15, 0.2) is 0 Å². The number of amides is 12. The average molecular weight is 1500 g/mol. The Morgan fingerprint density at radius 3 is 1.90 bits per heavy atom. The van der Waals surface area contributed by atoms with Crippen molar-refractivity contribution >= 4 is 82.5 Å². The van der Waals surface area contributed by atoms with E-state index in [1.165, 1.54) is 95.6 Å². The van der Waals surface area contributed by atoms with E-state index in [4.69, 9.17) is 16.3 Å². The van der Waals surface area contributed by atoms with Crippen LogP contribution < -0.4 is 16.0 Å². The summed E-state index contributed by atoms with van der Waals surface area (Å²) >= 11 is 6.46. The maximum absolute atomic E-state index is 15.6. The molecule has 25 nitrogen and oxygen atoms in total. The largest absolute Gasteiger partial charge is 0.393 e. The molecule has 105 heavy (non-hydrogen) atoms. The lowest BCUT2D eigenvalue weighted by Crippen LogP contribution is -2.71.